The average Bonchev–Trinajstić information content (AvgIpc) is 2.48. The number of hydrogen-bond donors (Lipinski definition) is 1. The van der Waals surface area contributed by atoms with Gasteiger partial charge in [-0.05, 0) is 16.7 Å². The largest absolute Gasteiger partial charge is 0.309 e. The van der Waals surface area contributed by atoms with Gasteiger partial charge in [0.1, 0.15) is 0 Å². The molecule has 0 atom stereocenters. The van der Waals surface area contributed by atoms with Gasteiger partial charge in [0, 0.05) is 25.2 Å². The zero-order valence-corrected chi connectivity index (χ0v) is 11.1. The number of rotatable bonds is 6. The van der Waals surface area contributed by atoms with Crippen LogP contribution in [0.3, 0.4) is 0 Å². The lowest BCUT2D eigenvalue weighted by atomic mass is 10.1. The van der Waals surface area contributed by atoms with Crippen molar-refractivity contribution in [1.82, 2.24) is 5.32 Å². The van der Waals surface area contributed by atoms with Crippen molar-refractivity contribution in [3.63, 3.8) is 0 Å². The quantitative estimate of drug-likeness (QED) is 0.645. The maximum atomic E-state index is 10.7. The van der Waals surface area contributed by atoms with E-state index in [1.165, 1.54) is 6.07 Å². The van der Waals surface area contributed by atoms with Crippen molar-refractivity contribution in [2.75, 3.05) is 6.54 Å². The molecular weight excluding hydrogens is 252 g/mol. The first kappa shape index (κ1) is 14.0. The highest BCUT2D eigenvalue weighted by atomic mass is 16.6. The lowest BCUT2D eigenvalue weighted by Gasteiger charge is -2.08. The van der Waals surface area contributed by atoms with Gasteiger partial charge in [-0.2, -0.15) is 0 Å². The second-order valence-electron chi connectivity index (χ2n) is 4.50. The molecule has 20 heavy (non-hydrogen) atoms. The molecule has 0 heterocycles. The number of nitrogens with zero attached hydrogens (tertiary/aromatic N) is 1. The van der Waals surface area contributed by atoms with Crippen LogP contribution in [-0.4, -0.2) is 11.5 Å². The molecular formula is C16H16N2O2. The van der Waals surface area contributed by atoms with E-state index in [-0.39, 0.29) is 10.6 Å². The lowest BCUT2D eigenvalue weighted by molar-refractivity contribution is -0.384. The fourth-order valence-electron chi connectivity index (χ4n) is 1.91. The van der Waals surface area contributed by atoms with Crippen LogP contribution in [0.1, 0.15) is 11.1 Å². The van der Waals surface area contributed by atoms with Gasteiger partial charge < -0.3 is 5.32 Å². The molecule has 0 aliphatic carbocycles. The highest BCUT2D eigenvalue weighted by Gasteiger charge is 2.05. The van der Waals surface area contributed by atoms with Gasteiger partial charge in [-0.15, -0.1) is 0 Å². The van der Waals surface area contributed by atoms with Crippen molar-refractivity contribution in [2.24, 2.45) is 0 Å². The second kappa shape index (κ2) is 6.63. The minimum absolute atomic E-state index is 0.117. The minimum Gasteiger partial charge on any atom is -0.309 e. The third kappa shape index (κ3) is 3.76. The van der Waals surface area contributed by atoms with Gasteiger partial charge in [0.2, 0.25) is 0 Å². The molecule has 2 aromatic rings. The first-order chi connectivity index (χ1) is 9.66. The van der Waals surface area contributed by atoms with Crippen LogP contribution in [-0.2, 0) is 6.54 Å². The van der Waals surface area contributed by atoms with Crippen molar-refractivity contribution in [2.45, 2.75) is 6.54 Å². The van der Waals surface area contributed by atoms with E-state index >= 15 is 0 Å². The molecule has 102 valence electrons. The van der Waals surface area contributed by atoms with E-state index in [0.717, 1.165) is 16.7 Å². The zero-order chi connectivity index (χ0) is 14.4. The Kier molecular flexibility index (Phi) is 4.63. The fraction of sp³-hybridized carbons (Fsp3) is 0.125. The summed E-state index contributed by atoms with van der Waals surface area (Å²) in [5, 5.41) is 13.9. The van der Waals surface area contributed by atoms with Crippen LogP contribution in [0.4, 0.5) is 5.69 Å². The predicted octanol–water partition coefficient (Wildman–Crippen LogP) is 3.40. The monoisotopic (exact) mass is 268 g/mol. The first-order valence-electron chi connectivity index (χ1n) is 6.34. The van der Waals surface area contributed by atoms with Gasteiger partial charge in [0.15, 0.2) is 0 Å². The van der Waals surface area contributed by atoms with E-state index in [0.29, 0.717) is 13.1 Å². The number of nitro groups is 1. The van der Waals surface area contributed by atoms with Gasteiger partial charge >= 0.3 is 0 Å². The molecule has 4 heteroatoms. The van der Waals surface area contributed by atoms with E-state index in [4.69, 9.17) is 0 Å². The molecule has 1 N–H and O–H groups in total. The van der Waals surface area contributed by atoms with Crippen LogP contribution in [0, 0.1) is 10.1 Å². The summed E-state index contributed by atoms with van der Waals surface area (Å²) in [6.07, 6.45) is 0. The van der Waals surface area contributed by atoms with Crippen molar-refractivity contribution < 1.29 is 4.92 Å². The Morgan fingerprint density at radius 3 is 2.60 bits per heavy atom. The van der Waals surface area contributed by atoms with Crippen molar-refractivity contribution in [1.29, 1.82) is 0 Å². The molecule has 0 radical (unpaired) electrons. The smallest absolute Gasteiger partial charge is 0.269 e. The first-order valence-corrected chi connectivity index (χ1v) is 6.34. The maximum absolute atomic E-state index is 10.7. The molecule has 0 amide bonds. The fourth-order valence-corrected chi connectivity index (χ4v) is 1.91. The van der Waals surface area contributed by atoms with Crippen LogP contribution in [0.5, 0.6) is 0 Å². The molecule has 0 spiro atoms. The second-order valence-corrected chi connectivity index (χ2v) is 4.50. The van der Waals surface area contributed by atoms with Crippen LogP contribution in [0.15, 0.2) is 61.2 Å². The molecule has 2 rings (SSSR count). The van der Waals surface area contributed by atoms with Gasteiger partial charge in [-0.1, -0.05) is 49.0 Å². The van der Waals surface area contributed by atoms with Crippen molar-refractivity contribution in [3.05, 3.63) is 82.4 Å². The average molecular weight is 268 g/mol. The van der Waals surface area contributed by atoms with E-state index in [1.807, 2.05) is 36.4 Å². The van der Waals surface area contributed by atoms with Crippen LogP contribution >= 0.6 is 0 Å². The molecule has 0 aliphatic rings. The SMILES string of the molecule is C=C(CNCc1cccc([N+](=O)[O-])c1)c1ccccc1. The Morgan fingerprint density at radius 2 is 1.90 bits per heavy atom. The standard InChI is InChI=1S/C16H16N2O2/c1-13(15-7-3-2-4-8-15)11-17-12-14-6-5-9-16(10-14)18(19)20/h2-10,17H,1,11-12H2. The summed E-state index contributed by atoms with van der Waals surface area (Å²) in [7, 11) is 0. The molecule has 2 aromatic carbocycles. The molecule has 0 bridgehead atoms. The van der Waals surface area contributed by atoms with E-state index < -0.39 is 0 Å². The summed E-state index contributed by atoms with van der Waals surface area (Å²) in [4.78, 5) is 10.3. The third-order valence-corrected chi connectivity index (χ3v) is 2.97. The summed E-state index contributed by atoms with van der Waals surface area (Å²) in [6.45, 7) is 5.25. The number of nitrogens with one attached hydrogen (secondary N) is 1. The summed E-state index contributed by atoms with van der Waals surface area (Å²) in [5.74, 6) is 0. The molecule has 0 saturated heterocycles. The summed E-state index contributed by atoms with van der Waals surface area (Å²) < 4.78 is 0. The molecule has 0 aromatic heterocycles. The summed E-state index contributed by atoms with van der Waals surface area (Å²) in [6, 6.07) is 16.6. The van der Waals surface area contributed by atoms with Gasteiger partial charge in [0.25, 0.3) is 5.69 Å². The van der Waals surface area contributed by atoms with Crippen molar-refractivity contribution >= 4 is 11.3 Å². The number of nitro benzene ring substituents is 1. The van der Waals surface area contributed by atoms with E-state index in [2.05, 4.69) is 11.9 Å². The minimum atomic E-state index is -0.383. The molecule has 4 nitrogen and oxygen atoms in total. The number of hydrogen-bond acceptors (Lipinski definition) is 3. The Morgan fingerprint density at radius 1 is 1.15 bits per heavy atom. The van der Waals surface area contributed by atoms with E-state index in [1.54, 1.807) is 12.1 Å². The lowest BCUT2D eigenvalue weighted by Crippen LogP contribution is -2.15. The van der Waals surface area contributed by atoms with Crippen LogP contribution < -0.4 is 5.32 Å². The normalized spacial score (nSPS) is 10.2. The predicted molar refractivity (Wildman–Crippen MR) is 80.3 cm³/mol. The number of non-ortho nitro benzene ring substituents is 1. The van der Waals surface area contributed by atoms with Crippen LogP contribution in [0.25, 0.3) is 5.57 Å². The molecule has 0 fully saturated rings. The zero-order valence-electron chi connectivity index (χ0n) is 11.1. The molecule has 0 saturated carbocycles. The summed E-state index contributed by atoms with van der Waals surface area (Å²) in [5.41, 5.74) is 3.10. The van der Waals surface area contributed by atoms with Crippen LogP contribution in [0.2, 0.25) is 0 Å². The van der Waals surface area contributed by atoms with Crippen molar-refractivity contribution in [3.8, 4) is 0 Å². The summed E-state index contributed by atoms with van der Waals surface area (Å²) >= 11 is 0. The highest BCUT2D eigenvalue weighted by Crippen LogP contribution is 2.14. The van der Waals surface area contributed by atoms with Gasteiger partial charge in [-0.3, -0.25) is 10.1 Å². The van der Waals surface area contributed by atoms with Gasteiger partial charge in [0.05, 0.1) is 4.92 Å². The number of benzene rings is 2. The third-order valence-electron chi connectivity index (χ3n) is 2.97. The Labute approximate surface area is 117 Å². The van der Waals surface area contributed by atoms with E-state index in [9.17, 15) is 10.1 Å². The Bertz CT molecular complexity index is 609. The molecule has 0 aliphatic heterocycles. The Hall–Kier alpha value is -2.46. The maximum Gasteiger partial charge on any atom is 0.269 e. The molecule has 0 unspecified atom stereocenters. The van der Waals surface area contributed by atoms with Gasteiger partial charge in [-0.25, -0.2) is 0 Å². The topological polar surface area (TPSA) is 55.2 Å². The Balaban J connectivity index is 1.89. The highest BCUT2D eigenvalue weighted by molar-refractivity contribution is 5.64.